The van der Waals surface area contributed by atoms with Crippen molar-refractivity contribution in [3.05, 3.63) is 52.2 Å². The van der Waals surface area contributed by atoms with Crippen molar-refractivity contribution >= 4 is 11.5 Å². The molecule has 0 atom stereocenters. The summed E-state index contributed by atoms with van der Waals surface area (Å²) in [5, 5.41) is 13.3. The van der Waals surface area contributed by atoms with Crippen LogP contribution in [0.3, 0.4) is 0 Å². The van der Waals surface area contributed by atoms with Gasteiger partial charge in [-0.3, -0.25) is 9.69 Å². The van der Waals surface area contributed by atoms with Gasteiger partial charge in [-0.1, -0.05) is 26.8 Å². The lowest BCUT2D eigenvalue weighted by atomic mass is 9.96. The maximum absolute atomic E-state index is 11.8. The zero-order valence-corrected chi connectivity index (χ0v) is 17.1. The first-order valence-corrected chi connectivity index (χ1v) is 9.57. The molecule has 0 N–H and O–H groups in total. The summed E-state index contributed by atoms with van der Waals surface area (Å²) in [6.45, 7) is 8.90. The Hall–Kier alpha value is -2.74. The van der Waals surface area contributed by atoms with E-state index in [9.17, 15) is 4.79 Å². The van der Waals surface area contributed by atoms with E-state index in [1.165, 1.54) is 0 Å². The number of rotatable bonds is 4. The summed E-state index contributed by atoms with van der Waals surface area (Å²) in [5.74, 6) is 1.80. The van der Waals surface area contributed by atoms with Gasteiger partial charge in [-0.25, -0.2) is 0 Å². The predicted octanol–water partition coefficient (Wildman–Crippen LogP) is 1.44. The average Bonchev–Trinajstić information content (AvgIpc) is 3.01. The van der Waals surface area contributed by atoms with Gasteiger partial charge in [0, 0.05) is 49.9 Å². The zero-order chi connectivity index (χ0) is 20.1. The number of nitrogens with zero attached hydrogens (tertiary/aromatic N) is 7. The second kappa shape index (κ2) is 6.70. The number of fused-ring (bicyclic) bond motifs is 1. The highest BCUT2D eigenvalue weighted by atomic mass is 16.1. The summed E-state index contributed by atoms with van der Waals surface area (Å²) in [7, 11) is 3.93. The number of anilines is 1. The Balaban J connectivity index is 1.46. The minimum absolute atomic E-state index is 0.0298. The molecule has 4 rings (SSSR count). The molecule has 0 aliphatic carbocycles. The highest BCUT2D eigenvalue weighted by molar-refractivity contribution is 5.48. The van der Waals surface area contributed by atoms with Crippen LogP contribution in [0.2, 0.25) is 0 Å². The van der Waals surface area contributed by atoms with Crippen LogP contribution >= 0.6 is 0 Å². The van der Waals surface area contributed by atoms with Gasteiger partial charge in [0.05, 0.1) is 0 Å². The molecule has 0 saturated carbocycles. The SMILES string of the molecule is CN(Cc1cccc(=O)n1C)C1CN(c2ccc3nnc(C(C)(C)C)n3n2)C1. The third-order valence-electron chi connectivity index (χ3n) is 5.43. The van der Waals surface area contributed by atoms with Crippen molar-refractivity contribution in [2.75, 3.05) is 25.0 Å². The van der Waals surface area contributed by atoms with E-state index in [1.807, 2.05) is 35.8 Å². The van der Waals surface area contributed by atoms with Crippen LogP contribution in [0, 0.1) is 0 Å². The van der Waals surface area contributed by atoms with Crippen LogP contribution < -0.4 is 10.5 Å². The Morgan fingerprint density at radius 3 is 2.61 bits per heavy atom. The van der Waals surface area contributed by atoms with E-state index in [-0.39, 0.29) is 11.0 Å². The molecule has 4 heterocycles. The molecule has 148 valence electrons. The van der Waals surface area contributed by atoms with Gasteiger partial charge in [-0.05, 0) is 25.2 Å². The highest BCUT2D eigenvalue weighted by Crippen LogP contribution is 2.25. The van der Waals surface area contributed by atoms with Crippen LogP contribution in [-0.4, -0.2) is 55.5 Å². The Morgan fingerprint density at radius 1 is 1.14 bits per heavy atom. The summed E-state index contributed by atoms with van der Waals surface area (Å²) in [6.07, 6.45) is 0. The Morgan fingerprint density at radius 2 is 1.89 bits per heavy atom. The maximum atomic E-state index is 11.8. The van der Waals surface area contributed by atoms with Crippen molar-refractivity contribution in [3.63, 3.8) is 0 Å². The molecule has 0 spiro atoms. The predicted molar refractivity (Wildman–Crippen MR) is 109 cm³/mol. The largest absolute Gasteiger partial charge is 0.352 e. The zero-order valence-electron chi connectivity index (χ0n) is 17.1. The van der Waals surface area contributed by atoms with Gasteiger partial charge in [0.15, 0.2) is 11.5 Å². The third kappa shape index (κ3) is 3.28. The van der Waals surface area contributed by atoms with E-state index in [0.717, 1.165) is 42.6 Å². The van der Waals surface area contributed by atoms with Crippen molar-refractivity contribution in [1.82, 2.24) is 29.3 Å². The van der Waals surface area contributed by atoms with E-state index in [4.69, 9.17) is 5.10 Å². The van der Waals surface area contributed by atoms with Gasteiger partial charge in [-0.2, -0.15) is 4.52 Å². The topological polar surface area (TPSA) is 71.6 Å². The van der Waals surface area contributed by atoms with Crippen LogP contribution in [0.25, 0.3) is 5.65 Å². The fourth-order valence-corrected chi connectivity index (χ4v) is 3.49. The van der Waals surface area contributed by atoms with Gasteiger partial charge in [0.2, 0.25) is 5.56 Å². The highest BCUT2D eigenvalue weighted by Gasteiger charge is 2.32. The molecule has 8 heteroatoms. The molecule has 0 radical (unpaired) electrons. The summed E-state index contributed by atoms with van der Waals surface area (Å²) in [6, 6.07) is 9.83. The molecule has 0 aromatic carbocycles. The van der Waals surface area contributed by atoms with Crippen LogP contribution in [0.5, 0.6) is 0 Å². The normalized spacial score (nSPS) is 15.4. The number of hydrogen-bond donors (Lipinski definition) is 0. The van der Waals surface area contributed by atoms with Crippen molar-refractivity contribution in [2.24, 2.45) is 7.05 Å². The molecule has 1 fully saturated rings. The van der Waals surface area contributed by atoms with E-state index in [2.05, 4.69) is 47.8 Å². The van der Waals surface area contributed by atoms with Gasteiger partial charge in [0.25, 0.3) is 0 Å². The van der Waals surface area contributed by atoms with Crippen molar-refractivity contribution < 1.29 is 0 Å². The molecule has 8 nitrogen and oxygen atoms in total. The first kappa shape index (κ1) is 18.6. The average molecular weight is 381 g/mol. The number of hydrogen-bond acceptors (Lipinski definition) is 6. The molecular weight excluding hydrogens is 354 g/mol. The van der Waals surface area contributed by atoms with Gasteiger partial charge < -0.3 is 9.47 Å². The van der Waals surface area contributed by atoms with Gasteiger partial charge in [-0.15, -0.1) is 15.3 Å². The summed E-state index contributed by atoms with van der Waals surface area (Å²) in [4.78, 5) is 16.4. The number of pyridine rings is 1. The molecule has 0 unspecified atom stereocenters. The quantitative estimate of drug-likeness (QED) is 0.681. The third-order valence-corrected chi connectivity index (χ3v) is 5.43. The molecule has 28 heavy (non-hydrogen) atoms. The van der Waals surface area contributed by atoms with E-state index < -0.39 is 0 Å². The molecule has 1 aliphatic rings. The molecular formula is C20H27N7O. The minimum atomic E-state index is -0.117. The van der Waals surface area contributed by atoms with Crippen molar-refractivity contribution in [2.45, 2.75) is 38.8 Å². The lowest BCUT2D eigenvalue weighted by Gasteiger charge is -2.44. The van der Waals surface area contributed by atoms with Crippen LogP contribution in [0.15, 0.2) is 35.1 Å². The smallest absolute Gasteiger partial charge is 0.250 e. The lowest BCUT2D eigenvalue weighted by molar-refractivity contribution is 0.192. The summed E-state index contributed by atoms with van der Waals surface area (Å²) < 4.78 is 3.56. The van der Waals surface area contributed by atoms with Crippen LogP contribution in [0.4, 0.5) is 5.82 Å². The maximum Gasteiger partial charge on any atom is 0.250 e. The summed E-state index contributed by atoms with van der Waals surface area (Å²) >= 11 is 0. The first-order valence-electron chi connectivity index (χ1n) is 9.57. The Kier molecular flexibility index (Phi) is 4.45. The second-order valence-electron chi connectivity index (χ2n) is 8.62. The Bertz CT molecular complexity index is 1060. The standard InChI is InChI=1S/C20H27N7O/c1-20(2,3)19-22-21-16-9-10-17(23-27(16)19)26-12-15(13-26)24(4)11-14-7-6-8-18(28)25(14)5/h6-10,15H,11-13H2,1-5H3. The van der Waals surface area contributed by atoms with E-state index in [1.54, 1.807) is 10.6 Å². The molecule has 0 bridgehead atoms. The lowest BCUT2D eigenvalue weighted by Crippen LogP contribution is -2.58. The molecule has 0 amide bonds. The van der Waals surface area contributed by atoms with Crippen molar-refractivity contribution in [1.29, 1.82) is 0 Å². The first-order chi connectivity index (χ1) is 13.2. The molecule has 1 aliphatic heterocycles. The van der Waals surface area contributed by atoms with E-state index in [0.29, 0.717) is 6.04 Å². The van der Waals surface area contributed by atoms with Crippen molar-refractivity contribution in [3.8, 4) is 0 Å². The van der Waals surface area contributed by atoms with Gasteiger partial charge >= 0.3 is 0 Å². The second-order valence-corrected chi connectivity index (χ2v) is 8.62. The molecule has 3 aromatic heterocycles. The monoisotopic (exact) mass is 381 g/mol. The molecule has 1 saturated heterocycles. The van der Waals surface area contributed by atoms with E-state index >= 15 is 0 Å². The Labute approximate surface area is 164 Å². The van der Waals surface area contributed by atoms with Crippen LogP contribution in [0.1, 0.15) is 32.3 Å². The molecule has 3 aromatic rings. The van der Waals surface area contributed by atoms with Gasteiger partial charge in [0.1, 0.15) is 5.82 Å². The fourth-order valence-electron chi connectivity index (χ4n) is 3.49. The van der Waals surface area contributed by atoms with Crippen LogP contribution in [-0.2, 0) is 19.0 Å². The fraction of sp³-hybridized carbons (Fsp3) is 0.500. The number of aromatic nitrogens is 5. The summed E-state index contributed by atoms with van der Waals surface area (Å²) in [5.41, 5.74) is 1.70. The number of likely N-dealkylation sites (N-methyl/N-ethyl adjacent to an activating group) is 1. The minimum Gasteiger partial charge on any atom is -0.352 e.